The first-order valence-electron chi connectivity index (χ1n) is 21.1. The summed E-state index contributed by atoms with van der Waals surface area (Å²) >= 11 is 2.84. The van der Waals surface area contributed by atoms with E-state index in [1.165, 1.54) is 34.8 Å². The Labute approximate surface area is 360 Å². The van der Waals surface area contributed by atoms with Gasteiger partial charge in [-0.25, -0.2) is 17.6 Å². The minimum absolute atomic E-state index is 0.0289. The Morgan fingerprint density at radius 3 is 1.16 bits per heavy atom. The minimum Gasteiger partial charge on any atom is -0.481 e. The zero-order valence-corrected chi connectivity index (χ0v) is 34.6. The number of thiophene rings is 2. The van der Waals surface area contributed by atoms with Crippen LogP contribution in [0.15, 0.2) is 83.0 Å². The lowest BCUT2D eigenvalue weighted by atomic mass is 9.65. The summed E-state index contributed by atoms with van der Waals surface area (Å²) in [5, 5.41) is 0. The third-order valence-electron chi connectivity index (χ3n) is 14.0. The first-order valence-corrected chi connectivity index (χ1v) is 22.7. The molecule has 2 atom stereocenters. The van der Waals surface area contributed by atoms with Crippen molar-refractivity contribution in [2.75, 3.05) is 0 Å². The fraction of sp³-hybridized carbons (Fsp3) is 0.280. The molecule has 2 aliphatic heterocycles. The zero-order chi connectivity index (χ0) is 42.4. The Hall–Kier alpha value is -5.72. The van der Waals surface area contributed by atoms with Crippen molar-refractivity contribution in [3.05, 3.63) is 148 Å². The molecule has 2 fully saturated rings. The molecule has 6 nitrogen and oxygen atoms in total. The fourth-order valence-electron chi connectivity index (χ4n) is 11.0. The average Bonchev–Trinajstić information content (AvgIpc) is 3.98. The van der Waals surface area contributed by atoms with Crippen LogP contribution in [0.25, 0.3) is 23.3 Å². The minimum atomic E-state index is -1.18. The quantitative estimate of drug-likeness (QED) is 0.113. The smallest absolute Gasteiger partial charge is 0.197 e. The molecule has 0 radical (unpaired) electrons. The predicted octanol–water partition coefficient (Wildman–Crippen LogP) is 12.1. The van der Waals surface area contributed by atoms with Crippen molar-refractivity contribution < 1.29 is 46.2 Å². The number of ketones is 4. The highest BCUT2D eigenvalue weighted by Gasteiger charge is 2.50. The van der Waals surface area contributed by atoms with Gasteiger partial charge in [0.2, 0.25) is 0 Å². The normalized spacial score (nSPS) is 23.5. The van der Waals surface area contributed by atoms with Gasteiger partial charge < -0.3 is 9.47 Å². The summed E-state index contributed by atoms with van der Waals surface area (Å²) in [7, 11) is 0. The molecule has 0 N–H and O–H groups in total. The maximum Gasteiger partial charge on any atom is 0.197 e. The van der Waals surface area contributed by atoms with Gasteiger partial charge in [0.15, 0.2) is 46.4 Å². The average molecular weight is 871 g/mol. The van der Waals surface area contributed by atoms with Gasteiger partial charge in [-0.15, -0.1) is 22.7 Å². The van der Waals surface area contributed by atoms with Gasteiger partial charge in [0, 0.05) is 55.0 Å². The van der Waals surface area contributed by atoms with Gasteiger partial charge >= 0.3 is 0 Å². The molecule has 4 heterocycles. The van der Waals surface area contributed by atoms with E-state index in [-0.39, 0.29) is 45.2 Å². The van der Waals surface area contributed by atoms with Crippen molar-refractivity contribution in [1.82, 2.24) is 0 Å². The number of hydrogen-bond acceptors (Lipinski definition) is 8. The van der Waals surface area contributed by atoms with Gasteiger partial charge in [-0.2, -0.15) is 0 Å². The van der Waals surface area contributed by atoms with E-state index < -0.39 is 57.6 Å². The Bertz CT molecular complexity index is 2720. The fourth-order valence-corrected chi connectivity index (χ4v) is 13.1. The van der Waals surface area contributed by atoms with Gasteiger partial charge in [0.1, 0.15) is 22.7 Å². The molecule has 2 spiro atoms. The standard InChI is InChI=1S/C50H34F4O6S2/c51-37-19-27-28(20-38(37)52)44(56)33(43(27)55)15-25-17-41-47(61-25)31-11-24-14-36-32(12-23(24)13-35(31)49(59-41)7-3-1-4-8-49)48-42(60-50(36)9-5-2-6-10-50)18-26(62-48)16-34-45(57)29-21-39(53)40(54)22-30(29)46(34)58/h11-24H,1-10H2. The van der Waals surface area contributed by atoms with E-state index in [0.29, 0.717) is 21.3 Å². The summed E-state index contributed by atoms with van der Waals surface area (Å²) in [5.41, 5.74) is 2.38. The van der Waals surface area contributed by atoms with E-state index in [1.54, 1.807) is 0 Å². The second-order valence-corrected chi connectivity index (χ2v) is 19.7. The number of rotatable bonds is 2. The number of hydrogen-bond donors (Lipinski definition) is 0. The predicted molar refractivity (Wildman–Crippen MR) is 227 cm³/mol. The van der Waals surface area contributed by atoms with Crippen molar-refractivity contribution in [2.24, 2.45) is 11.8 Å². The van der Waals surface area contributed by atoms with Gasteiger partial charge in [-0.1, -0.05) is 37.1 Å². The molecule has 4 aromatic rings. The van der Waals surface area contributed by atoms with E-state index in [2.05, 4.69) is 24.3 Å². The van der Waals surface area contributed by atoms with E-state index in [4.69, 9.17) is 9.47 Å². The van der Waals surface area contributed by atoms with E-state index >= 15 is 0 Å². The number of carbonyl (C=O) groups excluding carboxylic acids is 4. The van der Waals surface area contributed by atoms with Gasteiger partial charge in [0.05, 0.1) is 20.9 Å². The van der Waals surface area contributed by atoms with Crippen LogP contribution in [0.1, 0.15) is 125 Å². The van der Waals surface area contributed by atoms with Crippen LogP contribution in [0.2, 0.25) is 0 Å². The lowest BCUT2D eigenvalue weighted by Crippen LogP contribution is -2.45. The number of fused-ring (bicyclic) bond motifs is 11. The van der Waals surface area contributed by atoms with Gasteiger partial charge in [-0.3, -0.25) is 19.2 Å². The topological polar surface area (TPSA) is 86.7 Å². The largest absolute Gasteiger partial charge is 0.481 e. The van der Waals surface area contributed by atoms with Crippen LogP contribution in [0.4, 0.5) is 17.6 Å². The SMILES string of the molecule is O=C1C(=Cc2cc3c(s2)C2=CC4C=C5C(=CC4C=C2C2(CCCCC2)O3)c2sc(C=C3C(=O)c4cc(F)c(F)cc4C3=O)cc2OC52CCCCC2)C(=O)c2cc(F)c(F)cc21. The van der Waals surface area contributed by atoms with Crippen LogP contribution in [0.5, 0.6) is 11.5 Å². The number of halogens is 4. The molecule has 6 aliphatic carbocycles. The molecule has 2 unspecified atom stereocenters. The monoisotopic (exact) mass is 870 g/mol. The van der Waals surface area contributed by atoms with Crippen LogP contribution in [-0.2, 0) is 0 Å². The first-order chi connectivity index (χ1) is 29.9. The number of carbonyl (C=O) groups is 4. The summed E-state index contributed by atoms with van der Waals surface area (Å²) < 4.78 is 70.5. The van der Waals surface area contributed by atoms with Gasteiger partial charge in [-0.05, 0) is 111 Å². The highest BCUT2D eigenvalue weighted by Crippen LogP contribution is 2.60. The van der Waals surface area contributed by atoms with Crippen molar-refractivity contribution in [3.63, 3.8) is 0 Å². The summed E-state index contributed by atoms with van der Waals surface area (Å²) in [6.07, 6.45) is 21.8. The first kappa shape index (κ1) is 38.0. The summed E-state index contributed by atoms with van der Waals surface area (Å²) in [6, 6.07) is 6.90. The molecule has 0 amide bonds. The Morgan fingerprint density at radius 2 is 0.823 bits per heavy atom. The lowest BCUT2D eigenvalue weighted by molar-refractivity contribution is 0.0636. The highest BCUT2D eigenvalue weighted by atomic mass is 32.1. The Balaban J connectivity index is 0.944. The maximum atomic E-state index is 14.1. The van der Waals surface area contributed by atoms with Crippen LogP contribution in [0, 0.1) is 35.1 Å². The van der Waals surface area contributed by atoms with Crippen molar-refractivity contribution in [1.29, 1.82) is 0 Å². The number of allylic oxidation sites excluding steroid dienone is 6. The second-order valence-electron chi connectivity index (χ2n) is 17.5. The zero-order valence-electron chi connectivity index (χ0n) is 32.9. The third-order valence-corrected chi connectivity index (χ3v) is 16.1. The number of Topliss-reactive ketones (excluding diaryl/α,β-unsaturated/α-hetero) is 4. The Kier molecular flexibility index (Phi) is 8.21. The molecule has 0 bridgehead atoms. The molecule has 62 heavy (non-hydrogen) atoms. The van der Waals surface area contributed by atoms with Crippen LogP contribution < -0.4 is 9.47 Å². The molecule has 12 rings (SSSR count). The van der Waals surface area contributed by atoms with E-state index in [0.717, 1.165) is 121 Å². The van der Waals surface area contributed by atoms with Crippen molar-refractivity contribution >= 4 is 69.1 Å². The van der Waals surface area contributed by atoms with E-state index in [9.17, 15) is 36.7 Å². The molecule has 12 heteroatoms. The Morgan fingerprint density at radius 1 is 0.484 bits per heavy atom. The lowest BCUT2D eigenvalue weighted by Gasteiger charge is -2.48. The molecule has 2 saturated carbocycles. The number of benzene rings is 2. The second kappa shape index (κ2) is 13.4. The van der Waals surface area contributed by atoms with Crippen molar-refractivity contribution in [3.8, 4) is 11.5 Å². The summed E-state index contributed by atoms with van der Waals surface area (Å²) in [4.78, 5) is 56.4. The van der Waals surface area contributed by atoms with Crippen LogP contribution >= 0.6 is 22.7 Å². The molecule has 2 aromatic heterocycles. The molecule has 0 saturated heterocycles. The highest BCUT2D eigenvalue weighted by molar-refractivity contribution is 7.15. The molecule has 310 valence electrons. The maximum absolute atomic E-state index is 14.1. The van der Waals surface area contributed by atoms with Crippen LogP contribution in [0.3, 0.4) is 0 Å². The molecular weight excluding hydrogens is 837 g/mol. The third kappa shape index (κ3) is 5.44. The summed E-state index contributed by atoms with van der Waals surface area (Å²) in [6.45, 7) is 0. The molecule has 8 aliphatic rings. The van der Waals surface area contributed by atoms with E-state index in [1.807, 2.05) is 12.1 Å². The van der Waals surface area contributed by atoms with Crippen LogP contribution in [-0.4, -0.2) is 34.3 Å². The van der Waals surface area contributed by atoms with Gasteiger partial charge in [0.25, 0.3) is 0 Å². The van der Waals surface area contributed by atoms with Crippen molar-refractivity contribution in [2.45, 2.75) is 75.4 Å². The number of ether oxygens (including phenoxy) is 2. The molecular formula is C50H34F4O6S2. The molecule has 2 aromatic carbocycles. The summed E-state index contributed by atoms with van der Waals surface area (Å²) in [5.74, 6) is -5.97.